The molecule has 1 aliphatic heterocycles. The molecule has 1 heterocycles. The molecule has 1 amide bonds. The van der Waals surface area contributed by atoms with E-state index in [9.17, 15) is 9.90 Å². The molecule has 2 rings (SSSR count). The first kappa shape index (κ1) is 15.3. The summed E-state index contributed by atoms with van der Waals surface area (Å²) in [6.45, 7) is 5.20. The SMILES string of the molecule is CC(=O)NC1CCN(c2ccc(C(C)O)c(Br)c2)CC1. The maximum atomic E-state index is 11.1. The lowest BCUT2D eigenvalue weighted by molar-refractivity contribution is -0.119. The van der Waals surface area contributed by atoms with Crippen LogP contribution >= 0.6 is 15.9 Å². The first-order chi connectivity index (χ1) is 9.47. The normalized spacial score (nSPS) is 17.9. The molecule has 110 valence electrons. The lowest BCUT2D eigenvalue weighted by atomic mass is 10.0. The number of hydrogen-bond acceptors (Lipinski definition) is 3. The van der Waals surface area contributed by atoms with E-state index >= 15 is 0 Å². The number of benzene rings is 1. The van der Waals surface area contributed by atoms with E-state index in [0.717, 1.165) is 41.7 Å². The average molecular weight is 341 g/mol. The maximum Gasteiger partial charge on any atom is 0.217 e. The molecule has 1 fully saturated rings. The molecule has 1 aromatic rings. The van der Waals surface area contributed by atoms with E-state index < -0.39 is 6.10 Å². The first-order valence-corrected chi connectivity index (χ1v) is 7.76. The minimum Gasteiger partial charge on any atom is -0.389 e. The summed E-state index contributed by atoms with van der Waals surface area (Å²) >= 11 is 3.52. The third-order valence-electron chi connectivity index (χ3n) is 3.70. The molecule has 20 heavy (non-hydrogen) atoms. The molecule has 0 bridgehead atoms. The Morgan fingerprint density at radius 2 is 2.10 bits per heavy atom. The Labute approximate surface area is 128 Å². The number of piperidine rings is 1. The zero-order valence-corrected chi connectivity index (χ0v) is 13.5. The zero-order valence-electron chi connectivity index (χ0n) is 11.9. The maximum absolute atomic E-state index is 11.1. The number of rotatable bonds is 3. The molecule has 2 N–H and O–H groups in total. The van der Waals surface area contributed by atoms with Gasteiger partial charge in [0, 0.05) is 36.2 Å². The molecule has 0 saturated carbocycles. The van der Waals surface area contributed by atoms with E-state index in [1.165, 1.54) is 0 Å². The van der Waals surface area contributed by atoms with Crippen molar-refractivity contribution in [2.24, 2.45) is 0 Å². The highest BCUT2D eigenvalue weighted by molar-refractivity contribution is 9.10. The van der Waals surface area contributed by atoms with Gasteiger partial charge in [0.1, 0.15) is 0 Å². The Morgan fingerprint density at radius 3 is 2.60 bits per heavy atom. The van der Waals surface area contributed by atoms with Gasteiger partial charge in [-0.3, -0.25) is 4.79 Å². The minimum atomic E-state index is -0.469. The molecular weight excluding hydrogens is 320 g/mol. The Morgan fingerprint density at radius 1 is 1.45 bits per heavy atom. The highest BCUT2D eigenvalue weighted by Crippen LogP contribution is 2.29. The van der Waals surface area contributed by atoms with Crippen molar-refractivity contribution in [2.45, 2.75) is 38.8 Å². The van der Waals surface area contributed by atoms with E-state index in [1.807, 2.05) is 12.1 Å². The van der Waals surface area contributed by atoms with Crippen LogP contribution in [0, 0.1) is 0 Å². The molecule has 1 aromatic carbocycles. The molecule has 5 heteroatoms. The second-order valence-electron chi connectivity index (χ2n) is 5.34. The van der Waals surface area contributed by atoms with Gasteiger partial charge in [0.25, 0.3) is 0 Å². The quantitative estimate of drug-likeness (QED) is 0.889. The number of amides is 1. The third-order valence-corrected chi connectivity index (χ3v) is 4.39. The zero-order chi connectivity index (χ0) is 14.7. The predicted octanol–water partition coefficient (Wildman–Crippen LogP) is 2.61. The van der Waals surface area contributed by atoms with Gasteiger partial charge in [0.2, 0.25) is 5.91 Å². The number of aliphatic hydroxyl groups excluding tert-OH is 1. The Balaban J connectivity index is 2.00. The lowest BCUT2D eigenvalue weighted by Crippen LogP contribution is -2.44. The van der Waals surface area contributed by atoms with Gasteiger partial charge in [-0.1, -0.05) is 22.0 Å². The summed E-state index contributed by atoms with van der Waals surface area (Å²) in [5, 5.41) is 12.6. The molecule has 1 saturated heterocycles. The van der Waals surface area contributed by atoms with Crippen LogP contribution in [0.5, 0.6) is 0 Å². The molecule has 0 radical (unpaired) electrons. The second-order valence-corrected chi connectivity index (χ2v) is 6.20. The van der Waals surface area contributed by atoms with Crippen molar-refractivity contribution < 1.29 is 9.90 Å². The molecule has 1 unspecified atom stereocenters. The number of carbonyl (C=O) groups is 1. The molecular formula is C15H21BrN2O2. The third kappa shape index (κ3) is 3.73. The van der Waals surface area contributed by atoms with Crippen LogP contribution in [-0.2, 0) is 4.79 Å². The number of halogens is 1. The topological polar surface area (TPSA) is 52.6 Å². The van der Waals surface area contributed by atoms with Crippen LogP contribution < -0.4 is 10.2 Å². The number of nitrogens with one attached hydrogen (secondary N) is 1. The van der Waals surface area contributed by atoms with Crippen molar-refractivity contribution in [3.63, 3.8) is 0 Å². The van der Waals surface area contributed by atoms with Gasteiger partial charge < -0.3 is 15.3 Å². The van der Waals surface area contributed by atoms with Gasteiger partial charge in [0.05, 0.1) is 6.10 Å². The van der Waals surface area contributed by atoms with E-state index in [2.05, 4.69) is 32.2 Å². The van der Waals surface area contributed by atoms with Gasteiger partial charge in [-0.05, 0) is 37.5 Å². The Bertz CT molecular complexity index is 483. The van der Waals surface area contributed by atoms with Gasteiger partial charge in [0.15, 0.2) is 0 Å². The Kier molecular flexibility index (Phi) is 5.05. The van der Waals surface area contributed by atoms with Crippen LogP contribution in [0.15, 0.2) is 22.7 Å². The van der Waals surface area contributed by atoms with Crippen LogP contribution in [0.3, 0.4) is 0 Å². The van der Waals surface area contributed by atoms with Crippen LogP contribution in [0.1, 0.15) is 38.4 Å². The van der Waals surface area contributed by atoms with Crippen LogP contribution in [0.2, 0.25) is 0 Å². The van der Waals surface area contributed by atoms with Gasteiger partial charge in [-0.25, -0.2) is 0 Å². The van der Waals surface area contributed by atoms with E-state index in [1.54, 1.807) is 13.8 Å². The average Bonchev–Trinajstić information content (AvgIpc) is 2.38. The summed E-state index contributed by atoms with van der Waals surface area (Å²) in [5.74, 6) is 0.0486. The van der Waals surface area contributed by atoms with Gasteiger partial charge in [-0.2, -0.15) is 0 Å². The van der Waals surface area contributed by atoms with E-state index in [-0.39, 0.29) is 5.91 Å². The number of aliphatic hydroxyl groups is 1. The minimum absolute atomic E-state index is 0.0486. The first-order valence-electron chi connectivity index (χ1n) is 6.97. The molecule has 1 aliphatic rings. The summed E-state index contributed by atoms with van der Waals surface area (Å²) in [7, 11) is 0. The van der Waals surface area contributed by atoms with Crippen molar-refractivity contribution in [3.8, 4) is 0 Å². The smallest absolute Gasteiger partial charge is 0.217 e. The van der Waals surface area contributed by atoms with Crippen LogP contribution in [0.25, 0.3) is 0 Å². The second kappa shape index (κ2) is 6.59. The van der Waals surface area contributed by atoms with Gasteiger partial charge >= 0.3 is 0 Å². The Hall–Kier alpha value is -1.07. The fourth-order valence-corrected chi connectivity index (χ4v) is 3.32. The highest BCUT2D eigenvalue weighted by atomic mass is 79.9. The summed E-state index contributed by atoms with van der Waals surface area (Å²) < 4.78 is 0.939. The molecule has 4 nitrogen and oxygen atoms in total. The number of hydrogen-bond donors (Lipinski definition) is 2. The van der Waals surface area contributed by atoms with Crippen molar-refractivity contribution >= 4 is 27.5 Å². The lowest BCUT2D eigenvalue weighted by Gasteiger charge is -2.34. The summed E-state index contributed by atoms with van der Waals surface area (Å²) in [5.41, 5.74) is 2.06. The fraction of sp³-hybridized carbons (Fsp3) is 0.533. The van der Waals surface area contributed by atoms with Crippen LogP contribution in [0.4, 0.5) is 5.69 Å². The van der Waals surface area contributed by atoms with E-state index in [0.29, 0.717) is 6.04 Å². The van der Waals surface area contributed by atoms with E-state index in [4.69, 9.17) is 0 Å². The summed E-state index contributed by atoms with van der Waals surface area (Å²) in [6, 6.07) is 6.36. The fourth-order valence-electron chi connectivity index (χ4n) is 2.62. The summed E-state index contributed by atoms with van der Waals surface area (Å²) in [4.78, 5) is 13.4. The molecule has 0 aliphatic carbocycles. The number of carbonyl (C=O) groups excluding carboxylic acids is 1. The van der Waals surface area contributed by atoms with Crippen molar-refractivity contribution in [3.05, 3.63) is 28.2 Å². The van der Waals surface area contributed by atoms with Gasteiger partial charge in [-0.15, -0.1) is 0 Å². The van der Waals surface area contributed by atoms with Crippen molar-refractivity contribution in [1.29, 1.82) is 0 Å². The predicted molar refractivity (Wildman–Crippen MR) is 83.8 cm³/mol. The van der Waals surface area contributed by atoms with Crippen molar-refractivity contribution in [1.82, 2.24) is 5.32 Å². The molecule has 0 spiro atoms. The number of nitrogens with zero attached hydrogens (tertiary/aromatic N) is 1. The highest BCUT2D eigenvalue weighted by Gasteiger charge is 2.20. The number of anilines is 1. The van der Waals surface area contributed by atoms with Crippen LogP contribution in [-0.4, -0.2) is 30.1 Å². The van der Waals surface area contributed by atoms with Crippen molar-refractivity contribution in [2.75, 3.05) is 18.0 Å². The standard InChI is InChI=1S/C15H21BrN2O2/c1-10(19)14-4-3-13(9-15(14)16)18-7-5-12(6-8-18)17-11(2)20/h3-4,9-10,12,19H,5-8H2,1-2H3,(H,17,20). The monoisotopic (exact) mass is 340 g/mol. The molecule has 1 atom stereocenters. The largest absolute Gasteiger partial charge is 0.389 e. The molecule has 0 aromatic heterocycles. The summed E-state index contributed by atoms with van der Waals surface area (Å²) in [6.07, 6.45) is 1.47.